The Morgan fingerprint density at radius 1 is 1.06 bits per heavy atom. The van der Waals surface area contributed by atoms with Gasteiger partial charge in [-0.3, -0.25) is 10.1 Å². The summed E-state index contributed by atoms with van der Waals surface area (Å²) < 4.78 is 11.3. The molecule has 0 atom stereocenters. The van der Waals surface area contributed by atoms with Gasteiger partial charge in [0.15, 0.2) is 10.1 Å². The summed E-state index contributed by atoms with van der Waals surface area (Å²) in [4.78, 5) is 24.3. The van der Waals surface area contributed by atoms with Gasteiger partial charge in [-0.2, -0.15) is 0 Å². The molecule has 2 N–H and O–H groups in total. The summed E-state index contributed by atoms with van der Waals surface area (Å²) in [6.45, 7) is 1.90. The van der Waals surface area contributed by atoms with E-state index in [4.69, 9.17) is 4.42 Å². The molecule has 2 heterocycles. The number of rotatable bonds is 6. The van der Waals surface area contributed by atoms with Crippen molar-refractivity contribution in [3.8, 4) is 0 Å². The molecule has 4 rings (SSSR count). The summed E-state index contributed by atoms with van der Waals surface area (Å²) in [5.41, 5.74) is 2.57. The molecular formula is C21H18N4O4S2. The van der Waals surface area contributed by atoms with Crippen LogP contribution in [0.5, 0.6) is 0 Å². The van der Waals surface area contributed by atoms with Crippen molar-refractivity contribution in [3.05, 3.63) is 64.9 Å². The molecular weight excluding hydrogens is 436 g/mol. The fourth-order valence-electron chi connectivity index (χ4n) is 2.89. The van der Waals surface area contributed by atoms with Crippen molar-refractivity contribution in [1.82, 2.24) is 10.2 Å². The first-order valence-corrected chi connectivity index (χ1v) is 11.0. The summed E-state index contributed by atoms with van der Waals surface area (Å²) in [6.07, 6.45) is -0.563. The molecule has 0 aliphatic heterocycles. The molecule has 2 aromatic carbocycles. The Balaban J connectivity index is 1.55. The molecule has 0 bridgehead atoms. The van der Waals surface area contributed by atoms with Crippen molar-refractivity contribution in [2.75, 3.05) is 17.7 Å². The number of aryl methyl sites for hydroxylation is 1. The summed E-state index contributed by atoms with van der Waals surface area (Å²) in [7, 11) is 1.29. The third-order valence-electron chi connectivity index (χ3n) is 4.33. The number of carbonyl (C=O) groups excluding carboxylic acids is 2. The number of amides is 2. The van der Waals surface area contributed by atoms with Gasteiger partial charge in [-0.15, -0.1) is 10.2 Å². The van der Waals surface area contributed by atoms with Crippen LogP contribution in [0.25, 0.3) is 11.0 Å². The zero-order valence-corrected chi connectivity index (χ0v) is 18.3. The number of methoxy groups -OCH3 is 1. The number of hydrogen-bond acceptors (Lipinski definition) is 8. The summed E-state index contributed by atoms with van der Waals surface area (Å²) in [6, 6.07) is 14.3. The van der Waals surface area contributed by atoms with Crippen LogP contribution < -0.4 is 10.6 Å². The highest BCUT2D eigenvalue weighted by atomic mass is 32.2. The molecule has 2 aromatic heterocycles. The minimum Gasteiger partial charge on any atom is -0.453 e. The normalized spacial score (nSPS) is 10.8. The lowest BCUT2D eigenvalue weighted by atomic mass is 10.1. The van der Waals surface area contributed by atoms with Gasteiger partial charge in [0.05, 0.1) is 7.11 Å². The summed E-state index contributed by atoms with van der Waals surface area (Å²) in [5, 5.41) is 15.4. The van der Waals surface area contributed by atoms with Gasteiger partial charge in [0.2, 0.25) is 0 Å². The first kappa shape index (κ1) is 20.9. The Morgan fingerprint density at radius 3 is 2.45 bits per heavy atom. The van der Waals surface area contributed by atoms with Gasteiger partial charge in [-0.05, 0) is 37.3 Å². The highest BCUT2D eigenvalue weighted by Crippen LogP contribution is 2.33. The maximum Gasteiger partial charge on any atom is 0.411 e. The molecule has 0 saturated carbocycles. The number of hydrogen-bond donors (Lipinski definition) is 2. The molecule has 0 unspecified atom stereocenters. The molecule has 31 heavy (non-hydrogen) atoms. The first-order chi connectivity index (χ1) is 15.0. The van der Waals surface area contributed by atoms with Gasteiger partial charge < -0.3 is 14.5 Å². The van der Waals surface area contributed by atoms with Crippen LogP contribution in [0.15, 0.2) is 57.3 Å². The predicted octanol–water partition coefficient (Wildman–Crippen LogP) is 5.32. The molecule has 4 aromatic rings. The zero-order chi connectivity index (χ0) is 21.8. The molecule has 10 heteroatoms. The van der Waals surface area contributed by atoms with Crippen molar-refractivity contribution in [2.45, 2.75) is 17.0 Å². The van der Waals surface area contributed by atoms with Crippen molar-refractivity contribution < 1.29 is 18.7 Å². The number of para-hydroxylation sites is 1. The number of ether oxygens (including phenoxy) is 1. The fraction of sp³-hybridized carbons (Fsp3) is 0.143. The van der Waals surface area contributed by atoms with E-state index < -0.39 is 6.09 Å². The maximum atomic E-state index is 13.0. The van der Waals surface area contributed by atoms with Crippen LogP contribution in [0.1, 0.15) is 21.1 Å². The average Bonchev–Trinajstić information content (AvgIpc) is 3.36. The minimum absolute atomic E-state index is 0.256. The quantitative estimate of drug-likeness (QED) is 0.380. The van der Waals surface area contributed by atoms with Gasteiger partial charge in [0.25, 0.3) is 5.91 Å². The molecule has 158 valence electrons. The third kappa shape index (κ3) is 4.86. The van der Waals surface area contributed by atoms with Crippen molar-refractivity contribution in [2.24, 2.45) is 0 Å². The molecule has 0 spiro atoms. The van der Waals surface area contributed by atoms with Gasteiger partial charge in [-0.1, -0.05) is 41.3 Å². The Labute approximate surface area is 186 Å². The van der Waals surface area contributed by atoms with Crippen LogP contribution in [-0.2, 0) is 10.5 Å². The van der Waals surface area contributed by atoms with Crippen LogP contribution in [0, 0.1) is 6.92 Å². The Kier molecular flexibility index (Phi) is 6.19. The van der Waals surface area contributed by atoms with E-state index in [0.29, 0.717) is 22.7 Å². The van der Waals surface area contributed by atoms with Crippen LogP contribution in [0.4, 0.5) is 16.2 Å². The lowest BCUT2D eigenvalue weighted by Gasteiger charge is -2.07. The first-order valence-electron chi connectivity index (χ1n) is 9.23. The topological polar surface area (TPSA) is 106 Å². The minimum atomic E-state index is -0.563. The van der Waals surface area contributed by atoms with Crippen molar-refractivity contribution >= 4 is 57.4 Å². The lowest BCUT2D eigenvalue weighted by Crippen LogP contribution is -2.13. The van der Waals surface area contributed by atoms with Gasteiger partial charge in [0.1, 0.15) is 10.6 Å². The molecule has 2 amide bonds. The van der Waals surface area contributed by atoms with Crippen LogP contribution in [-0.4, -0.2) is 29.3 Å². The van der Waals surface area contributed by atoms with E-state index in [-0.39, 0.29) is 11.7 Å². The van der Waals surface area contributed by atoms with Gasteiger partial charge in [0, 0.05) is 28.1 Å². The summed E-state index contributed by atoms with van der Waals surface area (Å²) in [5.74, 6) is 0.428. The fourth-order valence-corrected chi connectivity index (χ4v) is 4.73. The number of nitrogens with one attached hydrogen (secondary N) is 2. The monoisotopic (exact) mass is 454 g/mol. The smallest absolute Gasteiger partial charge is 0.411 e. The second kappa shape index (κ2) is 9.19. The number of nitrogens with zero attached hydrogens (tertiary/aromatic N) is 2. The number of thioether (sulfide) groups is 1. The number of anilines is 2. The summed E-state index contributed by atoms with van der Waals surface area (Å²) >= 11 is 3.02. The standard InChI is InChI=1S/C21H18N4O4S2/c1-12-24-25-21(31-12)30-11-16-15-5-3-4-6-17(15)29-18(16)19(26)22-13-7-9-14(10-8-13)23-20(27)28-2/h3-10H,11H2,1-2H3,(H,22,26)(H,23,27). The zero-order valence-electron chi connectivity index (χ0n) is 16.7. The molecule has 0 aliphatic carbocycles. The molecule has 0 radical (unpaired) electrons. The average molecular weight is 455 g/mol. The van der Waals surface area contributed by atoms with E-state index in [1.165, 1.54) is 30.2 Å². The number of fused-ring (bicyclic) bond motifs is 1. The Bertz CT molecular complexity index is 1230. The Hall–Kier alpha value is -3.37. The van der Waals surface area contributed by atoms with E-state index in [2.05, 4.69) is 25.6 Å². The highest BCUT2D eigenvalue weighted by molar-refractivity contribution is 8.00. The molecule has 0 fully saturated rings. The Morgan fingerprint density at radius 2 is 1.77 bits per heavy atom. The van der Waals surface area contributed by atoms with E-state index in [1.807, 2.05) is 31.2 Å². The number of carbonyl (C=O) groups is 2. The van der Waals surface area contributed by atoms with Crippen LogP contribution in [0.2, 0.25) is 0 Å². The lowest BCUT2D eigenvalue weighted by molar-refractivity contribution is 0.0997. The molecule has 8 nitrogen and oxygen atoms in total. The van der Waals surface area contributed by atoms with Crippen LogP contribution in [0.3, 0.4) is 0 Å². The van der Waals surface area contributed by atoms with Crippen molar-refractivity contribution in [3.63, 3.8) is 0 Å². The number of benzene rings is 2. The predicted molar refractivity (Wildman–Crippen MR) is 121 cm³/mol. The SMILES string of the molecule is COC(=O)Nc1ccc(NC(=O)c2oc3ccccc3c2CSc2nnc(C)s2)cc1. The number of aromatic nitrogens is 2. The second-order valence-corrected chi connectivity index (χ2v) is 8.83. The second-order valence-electron chi connectivity index (χ2n) is 6.43. The maximum absolute atomic E-state index is 13.0. The molecule has 0 saturated heterocycles. The van der Waals surface area contributed by atoms with E-state index >= 15 is 0 Å². The highest BCUT2D eigenvalue weighted by Gasteiger charge is 2.21. The van der Waals surface area contributed by atoms with E-state index in [9.17, 15) is 9.59 Å². The van der Waals surface area contributed by atoms with Crippen molar-refractivity contribution in [1.29, 1.82) is 0 Å². The van der Waals surface area contributed by atoms with Gasteiger partial charge >= 0.3 is 6.09 Å². The largest absolute Gasteiger partial charge is 0.453 e. The van der Waals surface area contributed by atoms with E-state index in [1.54, 1.807) is 24.3 Å². The molecule has 0 aliphatic rings. The number of furan rings is 1. The van der Waals surface area contributed by atoms with Gasteiger partial charge in [-0.25, -0.2) is 4.79 Å². The van der Waals surface area contributed by atoms with E-state index in [0.717, 1.165) is 20.3 Å². The third-order valence-corrected chi connectivity index (χ3v) is 6.33. The van der Waals surface area contributed by atoms with Crippen LogP contribution >= 0.6 is 23.1 Å².